The van der Waals surface area contributed by atoms with E-state index in [1.54, 1.807) is 0 Å². The standard InChI is InChI=1S/C47H88N4O18/c1-3-5-7-9-11-13-15-17-29-68-38(58)24-21-33(47(67)69-30-18-16-14-12-10-8-6-4-2)50-36(56)22-23-37(57)51(27-19-25-48-45(65)43(63)41(61)39(59)34(54)31-52)28-20-26-49-46(66)44(64)42(62)40(60)35(55)32-53/h33-35,39-44,52-55,59-64H,3-32H2,1-2H3,(H,48,65)(H,49,66)(H,50,56)/t33-,34-,35-,39+,40+,41-,42-,43+,44+/m0/s1. The Balaban J connectivity index is 5.63. The van der Waals surface area contributed by atoms with E-state index >= 15 is 0 Å². The van der Waals surface area contributed by atoms with Crippen LogP contribution in [0.4, 0.5) is 0 Å². The molecule has 0 radical (unpaired) electrons. The van der Waals surface area contributed by atoms with Gasteiger partial charge >= 0.3 is 11.9 Å². The topological polar surface area (TPSA) is 363 Å². The summed E-state index contributed by atoms with van der Waals surface area (Å²) in [5.41, 5.74) is 0. The Morgan fingerprint density at radius 2 is 0.899 bits per heavy atom. The lowest BCUT2D eigenvalue weighted by molar-refractivity contribution is -0.150. The predicted octanol–water partition coefficient (Wildman–Crippen LogP) is -0.888. The third-order valence-corrected chi connectivity index (χ3v) is 11.5. The summed E-state index contributed by atoms with van der Waals surface area (Å²) in [7, 11) is 0. The molecule has 0 heterocycles. The first-order valence-corrected chi connectivity index (χ1v) is 25.1. The molecule has 22 heteroatoms. The number of carbonyl (C=O) groups is 6. The van der Waals surface area contributed by atoms with Gasteiger partial charge in [-0.3, -0.25) is 24.0 Å². The molecular weight excluding hydrogens is 909 g/mol. The number of ether oxygens (including phenoxy) is 2. The van der Waals surface area contributed by atoms with Crippen LogP contribution in [0.2, 0.25) is 0 Å². The van der Waals surface area contributed by atoms with Gasteiger partial charge in [0.15, 0.2) is 12.2 Å². The Bertz CT molecular complexity index is 1350. The van der Waals surface area contributed by atoms with Gasteiger partial charge in [-0.15, -0.1) is 0 Å². The lowest BCUT2D eigenvalue weighted by Crippen LogP contribution is -2.52. The van der Waals surface area contributed by atoms with Crippen molar-refractivity contribution in [2.45, 2.75) is 210 Å². The van der Waals surface area contributed by atoms with E-state index in [9.17, 15) is 69.6 Å². The monoisotopic (exact) mass is 997 g/mol. The first kappa shape index (κ1) is 65.4. The SMILES string of the molecule is CCCCCCCCCCOC(=O)CC[C@H](NC(=O)CCC(=O)N(CCCNC(=O)[C@H](O)[C@@H](O)[C@H](O)[C@@H](O)CO)CCCNC(=O)[C@H](O)[C@@H](O)[C@H](O)[C@@H](O)CO)C(=O)OCCCCCCCCCC. The molecule has 69 heavy (non-hydrogen) atoms. The van der Waals surface area contributed by atoms with Crippen LogP contribution in [0.15, 0.2) is 0 Å². The number of amides is 4. The minimum Gasteiger partial charge on any atom is -0.466 e. The number of rotatable bonds is 44. The van der Waals surface area contributed by atoms with Gasteiger partial charge in [0, 0.05) is 45.4 Å². The molecule has 0 fully saturated rings. The van der Waals surface area contributed by atoms with E-state index in [1.807, 2.05) is 0 Å². The Morgan fingerprint density at radius 1 is 0.493 bits per heavy atom. The summed E-state index contributed by atoms with van der Waals surface area (Å²) in [6.07, 6.45) is -0.635. The number of nitrogens with one attached hydrogen (secondary N) is 3. The number of aliphatic hydroxyl groups is 10. The molecule has 4 amide bonds. The zero-order valence-corrected chi connectivity index (χ0v) is 41.1. The second-order valence-electron chi connectivity index (χ2n) is 17.5. The van der Waals surface area contributed by atoms with Crippen LogP contribution in [0.5, 0.6) is 0 Å². The van der Waals surface area contributed by atoms with Gasteiger partial charge in [-0.05, 0) is 32.1 Å². The number of aliphatic hydroxyl groups excluding tert-OH is 10. The van der Waals surface area contributed by atoms with Gasteiger partial charge in [-0.2, -0.15) is 0 Å². The van der Waals surface area contributed by atoms with Gasteiger partial charge in [-0.1, -0.05) is 104 Å². The van der Waals surface area contributed by atoms with Crippen molar-refractivity contribution in [2.75, 3.05) is 52.6 Å². The fourth-order valence-corrected chi connectivity index (χ4v) is 7.05. The smallest absolute Gasteiger partial charge is 0.328 e. The van der Waals surface area contributed by atoms with Crippen molar-refractivity contribution < 1.29 is 89.3 Å². The van der Waals surface area contributed by atoms with Crippen LogP contribution >= 0.6 is 0 Å². The van der Waals surface area contributed by atoms with Crippen molar-refractivity contribution >= 4 is 35.6 Å². The lowest BCUT2D eigenvalue weighted by Gasteiger charge is -2.26. The normalized spacial score (nSPS) is 15.4. The molecule has 0 aliphatic heterocycles. The lowest BCUT2D eigenvalue weighted by atomic mass is 10.0. The summed E-state index contributed by atoms with van der Waals surface area (Å²) in [6, 6.07) is -1.20. The van der Waals surface area contributed by atoms with E-state index in [1.165, 1.54) is 43.4 Å². The summed E-state index contributed by atoms with van der Waals surface area (Å²) in [5.74, 6) is -4.79. The Morgan fingerprint density at radius 3 is 1.32 bits per heavy atom. The minimum atomic E-state index is -2.19. The van der Waals surface area contributed by atoms with Crippen molar-refractivity contribution in [2.24, 2.45) is 0 Å². The molecule has 0 unspecified atom stereocenters. The van der Waals surface area contributed by atoms with E-state index in [4.69, 9.17) is 19.7 Å². The van der Waals surface area contributed by atoms with Crippen molar-refractivity contribution in [3.63, 3.8) is 0 Å². The molecular formula is C47H88N4O18. The van der Waals surface area contributed by atoms with Gasteiger partial charge in [0.2, 0.25) is 11.8 Å². The quantitative estimate of drug-likeness (QED) is 0.0260. The fraction of sp³-hybridized carbons (Fsp3) is 0.872. The number of unbranched alkanes of at least 4 members (excludes halogenated alkanes) is 14. The molecule has 0 aliphatic carbocycles. The molecule has 404 valence electrons. The molecule has 22 nitrogen and oxygen atoms in total. The molecule has 0 spiro atoms. The highest BCUT2D eigenvalue weighted by atomic mass is 16.5. The summed E-state index contributed by atoms with van der Waals surface area (Å²) < 4.78 is 10.9. The van der Waals surface area contributed by atoms with E-state index < -0.39 is 110 Å². The van der Waals surface area contributed by atoms with Crippen LogP contribution in [0.3, 0.4) is 0 Å². The van der Waals surface area contributed by atoms with Gasteiger partial charge in [0.25, 0.3) is 11.8 Å². The third kappa shape index (κ3) is 30.7. The Kier molecular flexibility index (Phi) is 38.9. The molecule has 0 aromatic carbocycles. The van der Waals surface area contributed by atoms with E-state index in [-0.39, 0.29) is 71.5 Å². The number of esters is 2. The van der Waals surface area contributed by atoms with Gasteiger partial charge < -0.3 is 81.4 Å². The first-order chi connectivity index (χ1) is 33.0. The zero-order chi connectivity index (χ0) is 52.0. The predicted molar refractivity (Wildman–Crippen MR) is 252 cm³/mol. The second kappa shape index (κ2) is 41.1. The maximum absolute atomic E-state index is 13.5. The molecule has 0 bridgehead atoms. The Labute approximate surface area is 407 Å². The molecule has 0 rings (SSSR count). The number of carbonyl (C=O) groups excluding carboxylic acids is 6. The largest absolute Gasteiger partial charge is 0.466 e. The van der Waals surface area contributed by atoms with E-state index in [2.05, 4.69) is 29.8 Å². The average molecular weight is 997 g/mol. The zero-order valence-electron chi connectivity index (χ0n) is 41.1. The van der Waals surface area contributed by atoms with Crippen molar-refractivity contribution in [3.8, 4) is 0 Å². The summed E-state index contributed by atoms with van der Waals surface area (Å²) in [6.45, 7) is 2.27. The highest BCUT2D eigenvalue weighted by Crippen LogP contribution is 2.13. The van der Waals surface area contributed by atoms with Crippen LogP contribution < -0.4 is 16.0 Å². The maximum atomic E-state index is 13.5. The molecule has 9 atom stereocenters. The van der Waals surface area contributed by atoms with Crippen molar-refractivity contribution in [3.05, 3.63) is 0 Å². The first-order valence-electron chi connectivity index (χ1n) is 25.1. The summed E-state index contributed by atoms with van der Waals surface area (Å²) >= 11 is 0. The molecule has 0 aromatic rings. The molecule has 0 saturated heterocycles. The van der Waals surface area contributed by atoms with Crippen molar-refractivity contribution in [1.82, 2.24) is 20.9 Å². The number of hydrogen-bond donors (Lipinski definition) is 13. The second-order valence-corrected chi connectivity index (χ2v) is 17.5. The highest BCUT2D eigenvalue weighted by molar-refractivity contribution is 5.88. The molecule has 0 saturated carbocycles. The van der Waals surface area contributed by atoms with Crippen LogP contribution in [-0.2, 0) is 38.2 Å². The van der Waals surface area contributed by atoms with Crippen molar-refractivity contribution in [1.29, 1.82) is 0 Å². The van der Waals surface area contributed by atoms with Gasteiger partial charge in [0.05, 0.1) is 26.4 Å². The summed E-state index contributed by atoms with van der Waals surface area (Å²) in [5, 5.41) is 104. The number of hydrogen-bond acceptors (Lipinski definition) is 18. The number of nitrogens with zero attached hydrogens (tertiary/aromatic N) is 1. The molecule has 0 aromatic heterocycles. The molecule has 13 N–H and O–H groups in total. The van der Waals surface area contributed by atoms with Gasteiger partial charge in [0.1, 0.15) is 42.7 Å². The van der Waals surface area contributed by atoms with Crippen LogP contribution in [0.1, 0.15) is 155 Å². The van der Waals surface area contributed by atoms with Crippen LogP contribution in [0, 0.1) is 0 Å². The summed E-state index contributed by atoms with van der Waals surface area (Å²) in [4.78, 5) is 78.8. The maximum Gasteiger partial charge on any atom is 0.328 e. The molecule has 0 aliphatic rings. The van der Waals surface area contributed by atoms with E-state index in [0.29, 0.717) is 12.8 Å². The fourth-order valence-electron chi connectivity index (χ4n) is 7.05. The van der Waals surface area contributed by atoms with Gasteiger partial charge in [-0.25, -0.2) is 4.79 Å². The highest BCUT2D eigenvalue weighted by Gasteiger charge is 2.35. The Hall–Kier alpha value is -3.58. The van der Waals surface area contributed by atoms with Crippen LogP contribution in [0.25, 0.3) is 0 Å². The van der Waals surface area contributed by atoms with E-state index in [0.717, 1.165) is 51.4 Å². The third-order valence-electron chi connectivity index (χ3n) is 11.5. The average Bonchev–Trinajstić information content (AvgIpc) is 3.35. The van der Waals surface area contributed by atoms with Crippen LogP contribution in [-0.4, -0.2) is 199 Å². The minimum absolute atomic E-state index is 0.0402.